The van der Waals surface area contributed by atoms with Crippen LogP contribution in [-0.2, 0) is 9.53 Å². The summed E-state index contributed by atoms with van der Waals surface area (Å²) in [5.74, 6) is 0.961. The highest BCUT2D eigenvalue weighted by Gasteiger charge is 2.17. The molecule has 1 amide bonds. The summed E-state index contributed by atoms with van der Waals surface area (Å²) in [6.45, 7) is 4.95. The zero-order valence-electron chi connectivity index (χ0n) is 15.0. The number of methoxy groups -OCH3 is 1. The Morgan fingerprint density at radius 3 is 2.85 bits per heavy atom. The van der Waals surface area contributed by atoms with E-state index in [1.807, 2.05) is 13.0 Å². The monoisotopic (exact) mass is 380 g/mol. The molecule has 0 radical (unpaired) electrons. The van der Waals surface area contributed by atoms with Gasteiger partial charge in [-0.3, -0.25) is 10.2 Å². The Balaban J connectivity index is 1.91. The van der Waals surface area contributed by atoms with Crippen molar-refractivity contribution in [2.75, 3.05) is 46.6 Å². The van der Waals surface area contributed by atoms with E-state index in [1.165, 1.54) is 0 Å². The minimum Gasteiger partial charge on any atom is -0.493 e. The second kappa shape index (κ2) is 10.6. The largest absolute Gasteiger partial charge is 0.493 e. The lowest BCUT2D eigenvalue weighted by molar-refractivity contribution is -0.137. The number of hydrogen-bond acceptors (Lipinski definition) is 6. The first-order valence-electron chi connectivity index (χ1n) is 8.37. The Labute approximate surface area is 158 Å². The lowest BCUT2D eigenvalue weighted by atomic mass is 10.2. The van der Waals surface area contributed by atoms with E-state index in [0.29, 0.717) is 42.9 Å². The molecule has 0 bridgehead atoms. The standard InChI is InChI=1S/C17H24N4O4S/c1-3-18-17(26)20-19-11-13-4-5-14(15(10-13)23-2)25-12-16(22)21-6-8-24-9-7-21/h4-5,10-11H,3,6-9,12H2,1-2H3,(H2,18,20,26)/b19-11-. The second-order valence-corrected chi connectivity index (χ2v) is 5.83. The minimum atomic E-state index is -0.0675. The smallest absolute Gasteiger partial charge is 0.260 e. The Bertz CT molecular complexity index is 648. The maximum absolute atomic E-state index is 12.2. The fourth-order valence-electron chi connectivity index (χ4n) is 2.29. The third-order valence-electron chi connectivity index (χ3n) is 3.62. The van der Waals surface area contributed by atoms with Crippen LogP contribution in [0.15, 0.2) is 23.3 Å². The Kier molecular flexibility index (Phi) is 8.10. The molecule has 1 aliphatic heterocycles. The quantitative estimate of drug-likeness (QED) is 0.410. The minimum absolute atomic E-state index is 0.0394. The Morgan fingerprint density at radius 1 is 1.38 bits per heavy atom. The Morgan fingerprint density at radius 2 is 2.15 bits per heavy atom. The predicted molar refractivity (Wildman–Crippen MR) is 103 cm³/mol. The molecule has 1 aromatic carbocycles. The van der Waals surface area contributed by atoms with Gasteiger partial charge in [0, 0.05) is 19.6 Å². The summed E-state index contributed by atoms with van der Waals surface area (Å²) < 4.78 is 16.2. The van der Waals surface area contributed by atoms with E-state index >= 15 is 0 Å². The summed E-state index contributed by atoms with van der Waals surface area (Å²) in [6.07, 6.45) is 1.62. The molecule has 1 fully saturated rings. The summed E-state index contributed by atoms with van der Waals surface area (Å²) in [5, 5.41) is 7.44. The van der Waals surface area contributed by atoms with Gasteiger partial charge in [0.2, 0.25) is 0 Å². The average molecular weight is 380 g/mol. The number of hydrogen-bond donors (Lipinski definition) is 2. The fourth-order valence-corrected chi connectivity index (χ4v) is 2.49. The number of ether oxygens (including phenoxy) is 3. The lowest BCUT2D eigenvalue weighted by Crippen LogP contribution is -2.43. The number of rotatable bonds is 7. The molecule has 1 aliphatic rings. The van der Waals surface area contributed by atoms with Crippen LogP contribution in [0.2, 0.25) is 0 Å². The number of benzene rings is 1. The van der Waals surface area contributed by atoms with Crippen LogP contribution in [0.4, 0.5) is 0 Å². The molecule has 0 spiro atoms. The Hall–Kier alpha value is -2.39. The third-order valence-corrected chi connectivity index (χ3v) is 3.86. The van der Waals surface area contributed by atoms with Crippen molar-refractivity contribution in [1.29, 1.82) is 0 Å². The summed E-state index contributed by atoms with van der Waals surface area (Å²) in [6, 6.07) is 5.34. The molecule has 1 heterocycles. The van der Waals surface area contributed by atoms with Crippen molar-refractivity contribution in [1.82, 2.24) is 15.6 Å². The van der Waals surface area contributed by atoms with Gasteiger partial charge in [0.05, 0.1) is 26.5 Å². The fraction of sp³-hybridized carbons (Fsp3) is 0.471. The highest BCUT2D eigenvalue weighted by molar-refractivity contribution is 7.80. The van der Waals surface area contributed by atoms with E-state index in [0.717, 1.165) is 12.1 Å². The van der Waals surface area contributed by atoms with E-state index in [2.05, 4.69) is 15.8 Å². The lowest BCUT2D eigenvalue weighted by Gasteiger charge is -2.26. The number of carbonyl (C=O) groups is 1. The van der Waals surface area contributed by atoms with Crippen LogP contribution in [0.1, 0.15) is 12.5 Å². The van der Waals surface area contributed by atoms with Crippen LogP contribution in [0, 0.1) is 0 Å². The first kappa shape index (κ1) is 19.9. The molecule has 1 saturated heterocycles. The molecule has 0 atom stereocenters. The third kappa shape index (κ3) is 6.16. The zero-order valence-corrected chi connectivity index (χ0v) is 15.8. The van der Waals surface area contributed by atoms with E-state index in [1.54, 1.807) is 30.4 Å². The number of carbonyl (C=O) groups excluding carboxylic acids is 1. The number of amides is 1. The highest BCUT2D eigenvalue weighted by Crippen LogP contribution is 2.27. The van der Waals surface area contributed by atoms with Gasteiger partial charge in [-0.2, -0.15) is 5.10 Å². The van der Waals surface area contributed by atoms with Crippen molar-refractivity contribution >= 4 is 29.5 Å². The molecule has 8 nitrogen and oxygen atoms in total. The summed E-state index contributed by atoms with van der Waals surface area (Å²) in [5.41, 5.74) is 3.52. The van der Waals surface area contributed by atoms with Gasteiger partial charge in [-0.05, 0) is 42.9 Å². The normalized spacial score (nSPS) is 14.2. The molecule has 0 saturated carbocycles. The number of nitrogens with one attached hydrogen (secondary N) is 2. The van der Waals surface area contributed by atoms with Crippen LogP contribution >= 0.6 is 12.2 Å². The first-order chi connectivity index (χ1) is 12.6. The van der Waals surface area contributed by atoms with Gasteiger partial charge in [-0.25, -0.2) is 0 Å². The molecule has 0 aliphatic carbocycles. The van der Waals surface area contributed by atoms with Crippen LogP contribution in [-0.4, -0.2) is 68.7 Å². The van der Waals surface area contributed by atoms with E-state index < -0.39 is 0 Å². The molecule has 9 heteroatoms. The van der Waals surface area contributed by atoms with Crippen molar-refractivity contribution in [3.8, 4) is 11.5 Å². The highest BCUT2D eigenvalue weighted by atomic mass is 32.1. The molecule has 0 unspecified atom stereocenters. The van der Waals surface area contributed by atoms with E-state index in [-0.39, 0.29) is 12.5 Å². The molecule has 1 aromatic rings. The van der Waals surface area contributed by atoms with Crippen molar-refractivity contribution in [3.05, 3.63) is 23.8 Å². The topological polar surface area (TPSA) is 84.4 Å². The van der Waals surface area contributed by atoms with Gasteiger partial charge < -0.3 is 24.4 Å². The van der Waals surface area contributed by atoms with Gasteiger partial charge in [0.15, 0.2) is 23.2 Å². The maximum Gasteiger partial charge on any atom is 0.260 e. The van der Waals surface area contributed by atoms with Crippen LogP contribution in [0.25, 0.3) is 0 Å². The SMILES string of the molecule is CCNC(=S)N/N=C\c1ccc(OCC(=O)N2CCOCC2)c(OC)c1. The molecule has 26 heavy (non-hydrogen) atoms. The van der Waals surface area contributed by atoms with Gasteiger partial charge in [0.25, 0.3) is 5.91 Å². The second-order valence-electron chi connectivity index (χ2n) is 5.42. The van der Waals surface area contributed by atoms with Gasteiger partial charge >= 0.3 is 0 Å². The number of thiocarbonyl (C=S) groups is 1. The van der Waals surface area contributed by atoms with Crippen molar-refractivity contribution in [3.63, 3.8) is 0 Å². The van der Waals surface area contributed by atoms with E-state index in [4.69, 9.17) is 26.4 Å². The average Bonchev–Trinajstić information content (AvgIpc) is 2.67. The van der Waals surface area contributed by atoms with Crippen molar-refractivity contribution in [2.24, 2.45) is 5.10 Å². The molecule has 2 rings (SSSR count). The predicted octanol–water partition coefficient (Wildman–Crippen LogP) is 0.751. The zero-order chi connectivity index (χ0) is 18.8. The van der Waals surface area contributed by atoms with Gasteiger partial charge in [-0.15, -0.1) is 0 Å². The first-order valence-corrected chi connectivity index (χ1v) is 8.78. The number of hydrazone groups is 1. The molecular formula is C17H24N4O4S. The molecular weight excluding hydrogens is 356 g/mol. The summed E-state index contributed by atoms with van der Waals surface area (Å²) in [7, 11) is 1.55. The van der Waals surface area contributed by atoms with Gasteiger partial charge in [0.1, 0.15) is 0 Å². The summed E-state index contributed by atoms with van der Waals surface area (Å²) >= 11 is 5.03. The van der Waals surface area contributed by atoms with Gasteiger partial charge in [-0.1, -0.05) is 0 Å². The van der Waals surface area contributed by atoms with E-state index in [9.17, 15) is 4.79 Å². The molecule has 142 valence electrons. The van der Waals surface area contributed by atoms with Crippen molar-refractivity contribution < 1.29 is 19.0 Å². The number of nitrogens with zero attached hydrogens (tertiary/aromatic N) is 2. The van der Waals surface area contributed by atoms with Crippen molar-refractivity contribution in [2.45, 2.75) is 6.92 Å². The van der Waals surface area contributed by atoms with Crippen LogP contribution in [0.3, 0.4) is 0 Å². The summed E-state index contributed by atoms with van der Waals surface area (Å²) in [4.78, 5) is 13.9. The molecule has 0 aromatic heterocycles. The maximum atomic E-state index is 12.2. The molecule has 2 N–H and O–H groups in total. The van der Waals surface area contributed by atoms with Crippen LogP contribution < -0.4 is 20.2 Å². The van der Waals surface area contributed by atoms with Crippen LogP contribution in [0.5, 0.6) is 11.5 Å². The number of morpholine rings is 1.